The fraction of sp³-hybridized carbons (Fsp3) is 0.231. The van der Waals surface area contributed by atoms with Gasteiger partial charge in [-0.05, 0) is 35.6 Å². The van der Waals surface area contributed by atoms with E-state index in [9.17, 15) is 9.59 Å². The van der Waals surface area contributed by atoms with Crippen LogP contribution in [0, 0.1) is 0 Å². The van der Waals surface area contributed by atoms with Gasteiger partial charge in [0.25, 0.3) is 0 Å². The smallest absolute Gasteiger partial charge is 0.329 e. The minimum absolute atomic E-state index is 0.239. The van der Waals surface area contributed by atoms with Crippen LogP contribution in [0.1, 0.15) is 35.3 Å². The lowest BCUT2D eigenvalue weighted by Gasteiger charge is -2.30. The molecule has 0 spiro atoms. The van der Waals surface area contributed by atoms with E-state index >= 15 is 0 Å². The van der Waals surface area contributed by atoms with Gasteiger partial charge in [-0.2, -0.15) is 0 Å². The molecular weight excluding hydrogens is 388 g/mol. The summed E-state index contributed by atoms with van der Waals surface area (Å²) in [6.07, 6.45) is -0.0930. The summed E-state index contributed by atoms with van der Waals surface area (Å²) in [5, 5.41) is 0. The van der Waals surface area contributed by atoms with Crippen molar-refractivity contribution in [2.75, 3.05) is 0 Å². The molecule has 5 nitrogen and oxygen atoms in total. The maximum atomic E-state index is 13.2. The first-order valence-corrected chi connectivity index (χ1v) is 10.5. The molecule has 2 atom stereocenters. The predicted octanol–water partition coefficient (Wildman–Crippen LogP) is 3.62. The number of nitrogens with zero attached hydrogens (tertiary/aromatic N) is 1. The molecule has 0 aliphatic carbocycles. The number of rotatable bonds is 5. The van der Waals surface area contributed by atoms with Crippen molar-refractivity contribution in [2.45, 2.75) is 38.1 Å². The maximum absolute atomic E-state index is 13.2. The third-order valence-electron chi connectivity index (χ3n) is 5.75. The largest absolute Gasteiger partial charge is 0.451 e. The van der Waals surface area contributed by atoms with Gasteiger partial charge < -0.3 is 15.4 Å². The lowest BCUT2D eigenvalue weighted by atomic mass is 10.0. The highest BCUT2D eigenvalue weighted by Crippen LogP contribution is 2.28. The summed E-state index contributed by atoms with van der Waals surface area (Å²) < 4.78 is 5.98. The zero-order valence-corrected chi connectivity index (χ0v) is 17.5. The van der Waals surface area contributed by atoms with Gasteiger partial charge in [0.1, 0.15) is 6.04 Å². The molecule has 4 rings (SSSR count). The lowest BCUT2D eigenvalue weighted by Crippen LogP contribution is -2.49. The minimum Gasteiger partial charge on any atom is -0.451 e. The van der Waals surface area contributed by atoms with Crippen LogP contribution in [0.2, 0.25) is 0 Å². The monoisotopic (exact) mass is 414 g/mol. The summed E-state index contributed by atoms with van der Waals surface area (Å²) in [7, 11) is 0. The van der Waals surface area contributed by atoms with E-state index in [4.69, 9.17) is 10.5 Å². The van der Waals surface area contributed by atoms with Gasteiger partial charge in [-0.25, -0.2) is 4.79 Å². The second kappa shape index (κ2) is 9.14. The van der Waals surface area contributed by atoms with E-state index in [2.05, 4.69) is 0 Å². The summed E-state index contributed by atoms with van der Waals surface area (Å²) in [5.41, 5.74) is 9.95. The van der Waals surface area contributed by atoms with E-state index in [-0.39, 0.29) is 5.91 Å². The van der Waals surface area contributed by atoms with Gasteiger partial charge >= 0.3 is 5.97 Å². The van der Waals surface area contributed by atoms with Crippen LogP contribution >= 0.6 is 0 Å². The molecule has 0 bridgehead atoms. The van der Waals surface area contributed by atoms with E-state index in [0.29, 0.717) is 13.0 Å². The van der Waals surface area contributed by atoms with Crippen LogP contribution < -0.4 is 5.73 Å². The summed E-state index contributed by atoms with van der Waals surface area (Å²) in [6, 6.07) is 25.6. The van der Waals surface area contributed by atoms with Crippen LogP contribution in [0.5, 0.6) is 0 Å². The molecule has 1 amide bonds. The second-order valence-electron chi connectivity index (χ2n) is 7.86. The zero-order chi connectivity index (χ0) is 21.8. The summed E-state index contributed by atoms with van der Waals surface area (Å²) in [5.74, 6) is -0.700. The Kier molecular flexibility index (Phi) is 6.14. The number of carbonyl (C=O) groups is 2. The molecule has 5 heteroatoms. The van der Waals surface area contributed by atoms with Crippen LogP contribution in [-0.2, 0) is 27.3 Å². The number of benzene rings is 3. The highest BCUT2D eigenvalue weighted by atomic mass is 16.5. The number of carbonyl (C=O) groups excluding carboxylic acids is 2. The predicted molar refractivity (Wildman–Crippen MR) is 119 cm³/mol. The summed E-state index contributed by atoms with van der Waals surface area (Å²) in [4.78, 5) is 27.7. The van der Waals surface area contributed by atoms with Gasteiger partial charge in [-0.15, -0.1) is 0 Å². The molecule has 0 radical (unpaired) electrons. The SMILES string of the molecule is C[C@@H](C(=O)OC(c1ccccc1)c1ccccc1)N1Cc2ccccc2C[C@H](N)C1=O. The molecule has 3 aromatic carbocycles. The molecule has 158 valence electrons. The zero-order valence-electron chi connectivity index (χ0n) is 17.5. The van der Waals surface area contributed by atoms with Crippen LogP contribution in [0.3, 0.4) is 0 Å². The quantitative estimate of drug-likeness (QED) is 0.647. The molecule has 1 heterocycles. The summed E-state index contributed by atoms with van der Waals surface area (Å²) in [6.45, 7) is 2.04. The standard InChI is InChI=1S/C26H26N2O3/c1-18(28-17-22-15-9-8-14-21(22)16-23(27)25(28)29)26(30)31-24(19-10-4-2-5-11-19)20-12-6-3-7-13-20/h2-15,18,23-24H,16-17,27H2,1H3/t18-,23-/m0/s1. The van der Waals surface area contributed by atoms with E-state index in [1.807, 2.05) is 84.9 Å². The Morgan fingerprint density at radius 3 is 2.00 bits per heavy atom. The molecule has 0 aromatic heterocycles. The van der Waals surface area contributed by atoms with Gasteiger partial charge in [0.15, 0.2) is 6.10 Å². The van der Waals surface area contributed by atoms with E-state index in [0.717, 1.165) is 22.3 Å². The Bertz CT molecular complexity index is 1010. The normalized spacial score (nSPS) is 17.1. The number of hydrogen-bond acceptors (Lipinski definition) is 4. The highest BCUT2D eigenvalue weighted by Gasteiger charge is 2.34. The molecule has 0 fully saturated rings. The van der Waals surface area contributed by atoms with Gasteiger partial charge in [0.05, 0.1) is 6.04 Å². The molecule has 31 heavy (non-hydrogen) atoms. The third kappa shape index (κ3) is 4.52. The van der Waals surface area contributed by atoms with Crippen molar-refractivity contribution in [2.24, 2.45) is 5.73 Å². The van der Waals surface area contributed by atoms with Crippen molar-refractivity contribution < 1.29 is 14.3 Å². The Morgan fingerprint density at radius 1 is 0.903 bits per heavy atom. The topological polar surface area (TPSA) is 72.6 Å². The Morgan fingerprint density at radius 2 is 1.42 bits per heavy atom. The van der Waals surface area contributed by atoms with Crippen molar-refractivity contribution in [3.63, 3.8) is 0 Å². The average molecular weight is 415 g/mol. The molecule has 1 aliphatic rings. The number of hydrogen-bond donors (Lipinski definition) is 1. The minimum atomic E-state index is -0.764. The first-order valence-electron chi connectivity index (χ1n) is 10.5. The van der Waals surface area contributed by atoms with E-state index < -0.39 is 24.2 Å². The molecule has 0 saturated heterocycles. The maximum Gasteiger partial charge on any atom is 0.329 e. The Labute approximate surface area is 182 Å². The number of nitrogens with two attached hydrogens (primary N) is 1. The average Bonchev–Trinajstić information content (AvgIpc) is 2.94. The highest BCUT2D eigenvalue weighted by molar-refractivity contribution is 5.88. The van der Waals surface area contributed by atoms with Crippen LogP contribution in [0.15, 0.2) is 84.9 Å². The van der Waals surface area contributed by atoms with Gasteiger partial charge in [-0.3, -0.25) is 4.79 Å². The van der Waals surface area contributed by atoms with E-state index in [1.54, 1.807) is 6.92 Å². The fourth-order valence-electron chi connectivity index (χ4n) is 3.96. The second-order valence-corrected chi connectivity index (χ2v) is 7.86. The lowest BCUT2D eigenvalue weighted by molar-refractivity contribution is -0.158. The Hall–Kier alpha value is -3.44. The van der Waals surface area contributed by atoms with Crippen molar-refractivity contribution in [3.8, 4) is 0 Å². The van der Waals surface area contributed by atoms with Crippen LogP contribution in [0.25, 0.3) is 0 Å². The molecule has 2 N–H and O–H groups in total. The molecule has 3 aromatic rings. The number of ether oxygens (including phenoxy) is 1. The number of amides is 1. The molecular formula is C26H26N2O3. The van der Waals surface area contributed by atoms with E-state index in [1.165, 1.54) is 4.90 Å². The first kappa shape index (κ1) is 20.8. The third-order valence-corrected chi connectivity index (χ3v) is 5.75. The summed E-state index contributed by atoms with van der Waals surface area (Å²) >= 11 is 0. The number of fused-ring (bicyclic) bond motifs is 1. The van der Waals surface area contributed by atoms with Crippen molar-refractivity contribution in [1.29, 1.82) is 0 Å². The molecule has 1 aliphatic heterocycles. The van der Waals surface area contributed by atoms with Gasteiger partial charge in [-0.1, -0.05) is 84.9 Å². The van der Waals surface area contributed by atoms with Crippen molar-refractivity contribution in [1.82, 2.24) is 4.90 Å². The fourth-order valence-corrected chi connectivity index (χ4v) is 3.96. The van der Waals surface area contributed by atoms with Crippen molar-refractivity contribution >= 4 is 11.9 Å². The molecule has 0 saturated carbocycles. The first-order chi connectivity index (χ1) is 15.0. The molecule has 0 unspecified atom stereocenters. The van der Waals surface area contributed by atoms with Crippen LogP contribution in [-0.4, -0.2) is 28.9 Å². The van der Waals surface area contributed by atoms with Crippen LogP contribution in [0.4, 0.5) is 0 Å². The van der Waals surface area contributed by atoms with Gasteiger partial charge in [0.2, 0.25) is 5.91 Å². The number of esters is 1. The van der Waals surface area contributed by atoms with Crippen molar-refractivity contribution in [3.05, 3.63) is 107 Å². The Balaban J connectivity index is 1.59. The van der Waals surface area contributed by atoms with Gasteiger partial charge in [0, 0.05) is 6.54 Å².